The summed E-state index contributed by atoms with van der Waals surface area (Å²) >= 11 is 7.23. The highest BCUT2D eigenvalue weighted by molar-refractivity contribution is 7.15. The van der Waals surface area contributed by atoms with Crippen LogP contribution in [0.5, 0.6) is 0 Å². The molecule has 0 saturated carbocycles. The van der Waals surface area contributed by atoms with Gasteiger partial charge in [-0.1, -0.05) is 11.6 Å². The van der Waals surface area contributed by atoms with E-state index >= 15 is 0 Å². The summed E-state index contributed by atoms with van der Waals surface area (Å²) in [6.07, 6.45) is 6.25. The Morgan fingerprint density at radius 2 is 2.19 bits per heavy atom. The van der Waals surface area contributed by atoms with Gasteiger partial charge < -0.3 is 15.0 Å². The van der Waals surface area contributed by atoms with Crippen LogP contribution < -0.4 is 5.32 Å². The first-order valence-corrected chi connectivity index (χ1v) is 12.4. The molecular formula is C23H30ClN5O2S. The predicted molar refractivity (Wildman–Crippen MR) is 128 cm³/mol. The normalized spacial score (nSPS) is 20.1. The lowest BCUT2D eigenvalue weighted by Gasteiger charge is -2.32. The number of morpholine rings is 1. The molecule has 32 heavy (non-hydrogen) atoms. The number of likely N-dealkylation sites (tertiary alicyclic amines) is 1. The summed E-state index contributed by atoms with van der Waals surface area (Å²) in [6, 6.07) is 4.34. The topological polar surface area (TPSA) is 70.6 Å². The molecule has 2 fully saturated rings. The smallest absolute Gasteiger partial charge is 0.247 e. The number of pyridine rings is 1. The Morgan fingerprint density at radius 1 is 1.34 bits per heavy atom. The molecular weight excluding hydrogens is 446 g/mol. The van der Waals surface area contributed by atoms with E-state index in [0.29, 0.717) is 5.92 Å². The molecule has 4 rings (SSSR count). The third-order valence-electron chi connectivity index (χ3n) is 5.84. The molecule has 1 atom stereocenters. The largest absolute Gasteiger partial charge is 0.379 e. The lowest BCUT2D eigenvalue weighted by atomic mass is 9.92. The van der Waals surface area contributed by atoms with E-state index < -0.39 is 0 Å². The Balaban J connectivity index is 1.50. The average molecular weight is 476 g/mol. The lowest BCUT2D eigenvalue weighted by molar-refractivity contribution is -0.127. The summed E-state index contributed by atoms with van der Waals surface area (Å²) in [5, 5.41) is 4.24. The second kappa shape index (κ2) is 11.2. The molecule has 0 aliphatic carbocycles. The van der Waals surface area contributed by atoms with Crippen LogP contribution in [0.4, 0.5) is 10.9 Å². The number of piperidine rings is 1. The van der Waals surface area contributed by atoms with Gasteiger partial charge in [0.2, 0.25) is 5.91 Å². The maximum Gasteiger partial charge on any atom is 0.247 e. The van der Waals surface area contributed by atoms with Gasteiger partial charge in [0.05, 0.1) is 13.2 Å². The van der Waals surface area contributed by atoms with E-state index in [1.54, 1.807) is 11.3 Å². The first kappa shape index (κ1) is 23.2. The molecule has 0 unspecified atom stereocenters. The van der Waals surface area contributed by atoms with E-state index in [2.05, 4.69) is 27.3 Å². The summed E-state index contributed by atoms with van der Waals surface area (Å²) < 4.78 is 5.49. The number of rotatable bonds is 7. The summed E-state index contributed by atoms with van der Waals surface area (Å²) in [5.74, 6) is 1.20. The maximum atomic E-state index is 12.2. The number of hydrogen-bond acceptors (Lipinski definition) is 7. The SMILES string of the molecule is Cc1cnc(Nc2cc(CN3CCOCC3)cc(C[C@H]3CCCN(C(=O)/C=C/Cl)C3)n2)s1. The van der Waals surface area contributed by atoms with Crippen LogP contribution >= 0.6 is 22.9 Å². The number of carbonyl (C=O) groups excluding carboxylic acids is 1. The van der Waals surface area contributed by atoms with E-state index in [-0.39, 0.29) is 5.91 Å². The van der Waals surface area contributed by atoms with Gasteiger partial charge in [0.15, 0.2) is 5.13 Å². The first-order chi connectivity index (χ1) is 15.6. The molecule has 2 aliphatic heterocycles. The van der Waals surface area contributed by atoms with Gasteiger partial charge in [-0.25, -0.2) is 9.97 Å². The van der Waals surface area contributed by atoms with Gasteiger partial charge in [-0.05, 0) is 49.8 Å². The monoisotopic (exact) mass is 475 g/mol. The van der Waals surface area contributed by atoms with Crippen LogP contribution in [0, 0.1) is 12.8 Å². The fourth-order valence-electron chi connectivity index (χ4n) is 4.34. The highest BCUT2D eigenvalue weighted by Gasteiger charge is 2.23. The number of nitrogens with zero attached hydrogens (tertiary/aromatic N) is 4. The highest BCUT2D eigenvalue weighted by atomic mass is 35.5. The number of nitrogens with one attached hydrogen (secondary N) is 1. The van der Waals surface area contributed by atoms with E-state index in [4.69, 9.17) is 21.3 Å². The van der Waals surface area contributed by atoms with Crippen molar-refractivity contribution in [2.45, 2.75) is 32.7 Å². The molecule has 1 N–H and O–H groups in total. The lowest BCUT2D eigenvalue weighted by Crippen LogP contribution is -2.39. The van der Waals surface area contributed by atoms with Crippen LogP contribution in [0.3, 0.4) is 0 Å². The average Bonchev–Trinajstić information content (AvgIpc) is 3.19. The molecule has 2 aromatic heterocycles. The Hall–Kier alpha value is -2.00. The third kappa shape index (κ3) is 6.51. The zero-order chi connectivity index (χ0) is 22.3. The quantitative estimate of drug-likeness (QED) is 0.611. The number of ether oxygens (including phenoxy) is 1. The van der Waals surface area contributed by atoms with Gasteiger partial charge in [0.1, 0.15) is 5.82 Å². The molecule has 0 bridgehead atoms. The highest BCUT2D eigenvalue weighted by Crippen LogP contribution is 2.25. The molecule has 2 aliphatic rings. The number of amides is 1. The van der Waals surface area contributed by atoms with Crippen molar-refractivity contribution in [3.63, 3.8) is 0 Å². The second-order valence-electron chi connectivity index (χ2n) is 8.43. The standard InChI is InChI=1S/C23H30ClN5O2S/c1-17-14-25-23(32-17)27-21-13-19(15-28-7-9-31-10-8-28)12-20(26-21)11-18-3-2-6-29(16-18)22(30)4-5-24/h4-5,12-14,18H,2-3,6-11,15-16H2,1H3,(H,25,26,27)/b5-4+/t18-/m1/s1. The van der Waals surface area contributed by atoms with Crippen molar-refractivity contribution in [3.05, 3.63) is 46.1 Å². The van der Waals surface area contributed by atoms with Crippen LogP contribution in [-0.4, -0.2) is 65.1 Å². The first-order valence-electron chi connectivity index (χ1n) is 11.1. The van der Waals surface area contributed by atoms with Crippen LogP contribution in [0.1, 0.15) is 29.0 Å². The van der Waals surface area contributed by atoms with Crippen LogP contribution in [-0.2, 0) is 22.5 Å². The van der Waals surface area contributed by atoms with Crippen molar-refractivity contribution in [2.75, 3.05) is 44.7 Å². The van der Waals surface area contributed by atoms with Crippen LogP contribution in [0.25, 0.3) is 0 Å². The maximum absolute atomic E-state index is 12.2. The fraction of sp³-hybridized carbons (Fsp3) is 0.522. The fourth-order valence-corrected chi connectivity index (χ4v) is 5.12. The third-order valence-corrected chi connectivity index (χ3v) is 6.79. The zero-order valence-corrected chi connectivity index (χ0v) is 20.0. The summed E-state index contributed by atoms with van der Waals surface area (Å²) in [5.41, 5.74) is 3.58. The molecule has 4 heterocycles. The Labute approximate surface area is 198 Å². The van der Waals surface area contributed by atoms with E-state index in [1.165, 1.54) is 17.2 Å². The van der Waals surface area contributed by atoms with Crippen molar-refractivity contribution in [1.29, 1.82) is 0 Å². The summed E-state index contributed by atoms with van der Waals surface area (Å²) in [4.78, 5) is 27.0. The van der Waals surface area contributed by atoms with Crippen molar-refractivity contribution in [2.24, 2.45) is 5.92 Å². The summed E-state index contributed by atoms with van der Waals surface area (Å²) in [7, 11) is 0. The molecule has 0 spiro atoms. The van der Waals surface area contributed by atoms with E-state index in [9.17, 15) is 4.79 Å². The molecule has 9 heteroatoms. The van der Waals surface area contributed by atoms with E-state index in [0.717, 1.165) is 86.7 Å². The minimum absolute atomic E-state index is 0.0137. The Kier molecular flexibility index (Phi) is 8.13. The number of thiazole rings is 1. The minimum Gasteiger partial charge on any atom is -0.379 e. The molecule has 1 amide bonds. The minimum atomic E-state index is -0.0137. The molecule has 2 aromatic rings. The Bertz CT molecular complexity index is 944. The molecule has 0 radical (unpaired) electrons. The molecule has 0 aromatic carbocycles. The van der Waals surface area contributed by atoms with Crippen molar-refractivity contribution in [3.8, 4) is 0 Å². The van der Waals surface area contributed by atoms with Crippen LogP contribution in [0.15, 0.2) is 29.9 Å². The van der Waals surface area contributed by atoms with Gasteiger partial charge >= 0.3 is 0 Å². The van der Waals surface area contributed by atoms with Gasteiger partial charge in [0, 0.05) is 61.1 Å². The molecule has 172 valence electrons. The number of anilines is 2. The van der Waals surface area contributed by atoms with Crippen molar-refractivity contribution >= 4 is 39.8 Å². The van der Waals surface area contributed by atoms with Gasteiger partial charge in [0.25, 0.3) is 0 Å². The molecule has 2 saturated heterocycles. The number of aromatic nitrogens is 2. The number of halogens is 1. The van der Waals surface area contributed by atoms with Crippen molar-refractivity contribution in [1.82, 2.24) is 19.8 Å². The van der Waals surface area contributed by atoms with Crippen molar-refractivity contribution < 1.29 is 9.53 Å². The predicted octanol–water partition coefficient (Wildman–Crippen LogP) is 3.96. The second-order valence-corrected chi connectivity index (χ2v) is 9.92. The molecule has 7 nitrogen and oxygen atoms in total. The summed E-state index contributed by atoms with van der Waals surface area (Å²) in [6.45, 7) is 7.90. The Morgan fingerprint density at radius 3 is 2.94 bits per heavy atom. The number of carbonyl (C=O) groups is 1. The van der Waals surface area contributed by atoms with Gasteiger partial charge in [-0.15, -0.1) is 11.3 Å². The van der Waals surface area contributed by atoms with Gasteiger partial charge in [-0.3, -0.25) is 9.69 Å². The number of aryl methyl sites for hydroxylation is 1. The zero-order valence-electron chi connectivity index (χ0n) is 18.4. The number of hydrogen-bond donors (Lipinski definition) is 1. The van der Waals surface area contributed by atoms with E-state index in [1.807, 2.05) is 18.0 Å². The van der Waals surface area contributed by atoms with Crippen LogP contribution in [0.2, 0.25) is 0 Å². The van der Waals surface area contributed by atoms with Gasteiger partial charge in [-0.2, -0.15) is 0 Å².